The van der Waals surface area contributed by atoms with Crippen molar-refractivity contribution in [3.8, 4) is 6.07 Å². The van der Waals surface area contributed by atoms with E-state index in [0.29, 0.717) is 10.7 Å². The number of nitriles is 1. The van der Waals surface area contributed by atoms with Crippen LogP contribution in [-0.2, 0) is 4.79 Å². The third-order valence-corrected chi connectivity index (χ3v) is 2.41. The molecule has 0 aromatic heterocycles. The minimum absolute atomic E-state index is 0.163. The van der Waals surface area contributed by atoms with E-state index in [4.69, 9.17) is 16.9 Å². The van der Waals surface area contributed by atoms with Gasteiger partial charge < -0.3 is 5.32 Å². The molecule has 1 aromatic carbocycles. The Hall–Kier alpha value is -1.53. The van der Waals surface area contributed by atoms with Gasteiger partial charge in [0.25, 0.3) is 0 Å². The van der Waals surface area contributed by atoms with E-state index in [0.717, 1.165) is 11.1 Å². The molecule has 0 aliphatic heterocycles. The molecule has 0 aliphatic carbocycles. The number of anilines is 1. The van der Waals surface area contributed by atoms with Crippen LogP contribution < -0.4 is 5.32 Å². The van der Waals surface area contributed by atoms with Crippen molar-refractivity contribution < 1.29 is 4.79 Å². The summed E-state index contributed by atoms with van der Waals surface area (Å²) in [5.41, 5.74) is 2.67. The number of halogens is 1. The van der Waals surface area contributed by atoms with Crippen LogP contribution in [0.3, 0.4) is 0 Å². The Labute approximate surface area is 93.7 Å². The lowest BCUT2D eigenvalue weighted by Crippen LogP contribution is -2.10. The SMILES string of the molecule is Cc1cc(Cl)c(NC(=O)CC#N)cc1C. The zero-order valence-corrected chi connectivity index (χ0v) is 9.35. The van der Waals surface area contributed by atoms with Crippen molar-refractivity contribution >= 4 is 23.2 Å². The first kappa shape index (κ1) is 11.5. The summed E-state index contributed by atoms with van der Waals surface area (Å²) < 4.78 is 0. The highest BCUT2D eigenvalue weighted by Crippen LogP contribution is 2.25. The summed E-state index contributed by atoms with van der Waals surface area (Å²) in [7, 11) is 0. The fourth-order valence-corrected chi connectivity index (χ4v) is 1.41. The van der Waals surface area contributed by atoms with Gasteiger partial charge in [0.1, 0.15) is 6.42 Å². The topological polar surface area (TPSA) is 52.9 Å². The summed E-state index contributed by atoms with van der Waals surface area (Å²) in [4.78, 5) is 11.2. The van der Waals surface area contributed by atoms with Crippen LogP contribution in [0.4, 0.5) is 5.69 Å². The number of aryl methyl sites for hydroxylation is 2. The standard InChI is InChI=1S/C11H11ClN2O/c1-7-5-9(12)10(6-8(7)2)14-11(15)3-4-13/h5-6H,3H2,1-2H3,(H,14,15). The van der Waals surface area contributed by atoms with Crippen molar-refractivity contribution in [2.45, 2.75) is 20.3 Å². The third-order valence-electron chi connectivity index (χ3n) is 2.10. The number of hydrogen-bond acceptors (Lipinski definition) is 2. The van der Waals surface area contributed by atoms with Gasteiger partial charge in [0.2, 0.25) is 5.91 Å². The van der Waals surface area contributed by atoms with Crippen molar-refractivity contribution in [1.29, 1.82) is 5.26 Å². The van der Waals surface area contributed by atoms with Crippen molar-refractivity contribution in [3.63, 3.8) is 0 Å². The van der Waals surface area contributed by atoms with E-state index in [-0.39, 0.29) is 12.3 Å². The van der Waals surface area contributed by atoms with Crippen molar-refractivity contribution in [1.82, 2.24) is 0 Å². The van der Waals surface area contributed by atoms with Gasteiger partial charge in [-0.2, -0.15) is 5.26 Å². The maximum absolute atomic E-state index is 11.2. The predicted octanol–water partition coefficient (Wildman–Crippen LogP) is 2.81. The Morgan fingerprint density at radius 1 is 1.47 bits per heavy atom. The molecule has 1 N–H and O–H groups in total. The largest absolute Gasteiger partial charge is 0.324 e. The highest BCUT2D eigenvalue weighted by Gasteiger charge is 2.06. The summed E-state index contributed by atoms with van der Waals surface area (Å²) in [6, 6.07) is 5.37. The number of hydrogen-bond donors (Lipinski definition) is 1. The lowest BCUT2D eigenvalue weighted by molar-refractivity contribution is -0.115. The molecule has 78 valence electrons. The number of amides is 1. The second-order valence-corrected chi connectivity index (χ2v) is 3.71. The van der Waals surface area contributed by atoms with Crippen LogP contribution in [0.2, 0.25) is 5.02 Å². The molecule has 0 radical (unpaired) electrons. The molecule has 0 saturated carbocycles. The van der Waals surface area contributed by atoms with Crippen LogP contribution in [-0.4, -0.2) is 5.91 Å². The summed E-state index contributed by atoms with van der Waals surface area (Å²) in [5.74, 6) is -0.345. The molecule has 0 atom stereocenters. The third kappa shape index (κ3) is 2.97. The average Bonchev–Trinajstić information content (AvgIpc) is 2.14. The molecule has 0 saturated heterocycles. The van der Waals surface area contributed by atoms with Crippen LogP contribution in [0.1, 0.15) is 17.5 Å². The molecule has 0 heterocycles. The van der Waals surface area contributed by atoms with E-state index in [9.17, 15) is 4.79 Å². The molecule has 0 aliphatic rings. The number of nitrogens with one attached hydrogen (secondary N) is 1. The van der Waals surface area contributed by atoms with E-state index in [1.54, 1.807) is 18.2 Å². The van der Waals surface area contributed by atoms with Crippen molar-refractivity contribution in [3.05, 3.63) is 28.3 Å². The van der Waals surface area contributed by atoms with Gasteiger partial charge in [-0.05, 0) is 37.1 Å². The molecule has 15 heavy (non-hydrogen) atoms. The highest BCUT2D eigenvalue weighted by atomic mass is 35.5. The summed E-state index contributed by atoms with van der Waals surface area (Å²) >= 11 is 5.95. The molecule has 1 aromatic rings. The number of carbonyl (C=O) groups excluding carboxylic acids is 1. The molecule has 0 bridgehead atoms. The van der Waals surface area contributed by atoms with Gasteiger partial charge in [-0.25, -0.2) is 0 Å². The van der Waals surface area contributed by atoms with Gasteiger partial charge in [-0.3, -0.25) is 4.79 Å². The molecule has 0 fully saturated rings. The molecule has 0 unspecified atom stereocenters. The van der Waals surface area contributed by atoms with Gasteiger partial charge in [0, 0.05) is 0 Å². The second-order valence-electron chi connectivity index (χ2n) is 3.30. The normalized spacial score (nSPS) is 9.47. The maximum atomic E-state index is 11.2. The van der Waals surface area contributed by atoms with Crippen LogP contribution in [0, 0.1) is 25.2 Å². The Bertz CT molecular complexity index is 435. The lowest BCUT2D eigenvalue weighted by atomic mass is 10.1. The van der Waals surface area contributed by atoms with Gasteiger partial charge in [-0.15, -0.1) is 0 Å². The first-order valence-corrected chi connectivity index (χ1v) is 4.86. The molecule has 3 nitrogen and oxygen atoms in total. The van der Waals surface area contributed by atoms with Gasteiger partial charge >= 0.3 is 0 Å². The Balaban J connectivity index is 2.92. The minimum Gasteiger partial charge on any atom is -0.324 e. The molecule has 1 amide bonds. The fourth-order valence-electron chi connectivity index (χ4n) is 1.14. The van der Waals surface area contributed by atoms with Crippen molar-refractivity contribution in [2.24, 2.45) is 0 Å². The number of benzene rings is 1. The number of rotatable bonds is 2. The number of nitrogens with zero attached hydrogens (tertiary/aromatic N) is 1. The molecule has 4 heteroatoms. The fraction of sp³-hybridized carbons (Fsp3) is 0.273. The van der Waals surface area contributed by atoms with E-state index >= 15 is 0 Å². The first-order valence-electron chi connectivity index (χ1n) is 4.48. The molecular weight excluding hydrogens is 212 g/mol. The Morgan fingerprint density at radius 3 is 2.67 bits per heavy atom. The second kappa shape index (κ2) is 4.81. The molecular formula is C11H11ClN2O. The first-order chi connectivity index (χ1) is 7.04. The zero-order valence-electron chi connectivity index (χ0n) is 8.60. The minimum atomic E-state index is -0.345. The van der Waals surface area contributed by atoms with Crippen LogP contribution in [0.15, 0.2) is 12.1 Å². The van der Waals surface area contributed by atoms with E-state index < -0.39 is 0 Å². The smallest absolute Gasteiger partial charge is 0.238 e. The highest BCUT2D eigenvalue weighted by molar-refractivity contribution is 6.33. The summed E-state index contributed by atoms with van der Waals surface area (Å²) in [6.45, 7) is 3.88. The molecule has 0 spiro atoms. The van der Waals surface area contributed by atoms with Gasteiger partial charge in [-0.1, -0.05) is 11.6 Å². The Kier molecular flexibility index (Phi) is 3.70. The summed E-state index contributed by atoms with van der Waals surface area (Å²) in [5, 5.41) is 11.4. The van der Waals surface area contributed by atoms with Gasteiger partial charge in [0.05, 0.1) is 16.8 Å². The van der Waals surface area contributed by atoms with Crippen LogP contribution >= 0.6 is 11.6 Å². The van der Waals surface area contributed by atoms with Gasteiger partial charge in [0.15, 0.2) is 0 Å². The van der Waals surface area contributed by atoms with E-state index in [1.165, 1.54) is 0 Å². The zero-order chi connectivity index (χ0) is 11.4. The van der Waals surface area contributed by atoms with Crippen LogP contribution in [0.25, 0.3) is 0 Å². The van der Waals surface area contributed by atoms with Crippen molar-refractivity contribution in [2.75, 3.05) is 5.32 Å². The average molecular weight is 223 g/mol. The summed E-state index contributed by atoms with van der Waals surface area (Å²) in [6.07, 6.45) is -0.163. The molecule has 1 rings (SSSR count). The quantitative estimate of drug-likeness (QED) is 0.837. The van der Waals surface area contributed by atoms with Crippen LogP contribution in [0.5, 0.6) is 0 Å². The monoisotopic (exact) mass is 222 g/mol. The lowest BCUT2D eigenvalue weighted by Gasteiger charge is -2.08. The maximum Gasteiger partial charge on any atom is 0.238 e. The number of carbonyl (C=O) groups is 1. The van der Waals surface area contributed by atoms with E-state index in [1.807, 2.05) is 13.8 Å². The Morgan fingerprint density at radius 2 is 2.07 bits per heavy atom. The predicted molar refractivity (Wildman–Crippen MR) is 59.8 cm³/mol. The van der Waals surface area contributed by atoms with E-state index in [2.05, 4.69) is 5.32 Å².